The number of aliphatic hydroxyl groups excluding tert-OH is 1. The standard InChI is InChI=1S/C18H16FNO4/c1-22-12-7-11(8-13(9-12)23-2)17-15(10-21)18(24-20-17)14-5-3-4-6-16(14)19/h3-9,21H,10H2,1-2H3. The summed E-state index contributed by atoms with van der Waals surface area (Å²) < 4.78 is 29.8. The quantitative estimate of drug-likeness (QED) is 0.774. The molecule has 0 saturated carbocycles. The molecule has 0 amide bonds. The lowest BCUT2D eigenvalue weighted by Crippen LogP contribution is -1.93. The molecule has 24 heavy (non-hydrogen) atoms. The first-order chi connectivity index (χ1) is 11.7. The smallest absolute Gasteiger partial charge is 0.175 e. The maximum Gasteiger partial charge on any atom is 0.175 e. The molecule has 0 aliphatic heterocycles. The van der Waals surface area contributed by atoms with Crippen molar-refractivity contribution in [3.63, 3.8) is 0 Å². The Kier molecular flexibility index (Phi) is 4.48. The number of rotatable bonds is 5. The van der Waals surface area contributed by atoms with Crippen LogP contribution < -0.4 is 9.47 Å². The number of benzene rings is 2. The van der Waals surface area contributed by atoms with Crippen molar-refractivity contribution in [2.45, 2.75) is 6.61 Å². The third-order valence-corrected chi connectivity index (χ3v) is 3.69. The molecule has 0 unspecified atom stereocenters. The van der Waals surface area contributed by atoms with Gasteiger partial charge in [-0.1, -0.05) is 17.3 Å². The second kappa shape index (κ2) is 6.72. The summed E-state index contributed by atoms with van der Waals surface area (Å²) in [4.78, 5) is 0. The first-order valence-corrected chi connectivity index (χ1v) is 7.25. The van der Waals surface area contributed by atoms with Gasteiger partial charge in [0, 0.05) is 11.6 Å². The Labute approximate surface area is 138 Å². The second-order valence-corrected chi connectivity index (χ2v) is 5.08. The molecule has 5 nitrogen and oxygen atoms in total. The van der Waals surface area contributed by atoms with E-state index in [4.69, 9.17) is 14.0 Å². The summed E-state index contributed by atoms with van der Waals surface area (Å²) in [5.41, 5.74) is 1.69. The van der Waals surface area contributed by atoms with Crippen molar-refractivity contribution in [2.24, 2.45) is 0 Å². The van der Waals surface area contributed by atoms with Crippen LogP contribution in [0.2, 0.25) is 0 Å². The topological polar surface area (TPSA) is 64.7 Å². The third-order valence-electron chi connectivity index (χ3n) is 3.69. The van der Waals surface area contributed by atoms with Crippen LogP contribution in [0.1, 0.15) is 5.56 Å². The van der Waals surface area contributed by atoms with Gasteiger partial charge in [-0.3, -0.25) is 0 Å². The van der Waals surface area contributed by atoms with Crippen LogP contribution in [0.3, 0.4) is 0 Å². The maximum absolute atomic E-state index is 14.0. The van der Waals surface area contributed by atoms with Gasteiger partial charge in [-0.25, -0.2) is 4.39 Å². The zero-order valence-electron chi connectivity index (χ0n) is 13.2. The van der Waals surface area contributed by atoms with Gasteiger partial charge in [-0.15, -0.1) is 0 Å². The minimum Gasteiger partial charge on any atom is -0.497 e. The number of ether oxygens (including phenoxy) is 2. The molecule has 1 N–H and O–H groups in total. The molecule has 6 heteroatoms. The molecule has 0 aliphatic carbocycles. The van der Waals surface area contributed by atoms with E-state index in [0.717, 1.165) is 0 Å². The van der Waals surface area contributed by atoms with E-state index in [1.807, 2.05) is 0 Å². The fourth-order valence-corrected chi connectivity index (χ4v) is 2.48. The van der Waals surface area contributed by atoms with Crippen LogP contribution in [-0.4, -0.2) is 24.5 Å². The van der Waals surface area contributed by atoms with Crippen molar-refractivity contribution in [1.82, 2.24) is 5.16 Å². The number of aliphatic hydroxyl groups is 1. The van der Waals surface area contributed by atoms with E-state index in [2.05, 4.69) is 5.16 Å². The van der Waals surface area contributed by atoms with Crippen LogP contribution in [0.5, 0.6) is 11.5 Å². The van der Waals surface area contributed by atoms with Crippen molar-refractivity contribution in [1.29, 1.82) is 0 Å². The Bertz CT molecular complexity index is 838. The average molecular weight is 329 g/mol. The fourth-order valence-electron chi connectivity index (χ4n) is 2.48. The van der Waals surface area contributed by atoms with Crippen LogP contribution in [0.4, 0.5) is 4.39 Å². The minimum absolute atomic E-state index is 0.201. The Morgan fingerprint density at radius 2 is 1.75 bits per heavy atom. The lowest BCUT2D eigenvalue weighted by molar-refractivity contribution is 0.281. The number of hydrogen-bond donors (Lipinski definition) is 1. The molecule has 0 saturated heterocycles. The lowest BCUT2D eigenvalue weighted by Gasteiger charge is -2.08. The molecule has 0 bridgehead atoms. The van der Waals surface area contributed by atoms with Crippen LogP contribution in [-0.2, 0) is 6.61 Å². The maximum atomic E-state index is 14.0. The first kappa shape index (κ1) is 16.0. The number of nitrogens with zero attached hydrogens (tertiary/aromatic N) is 1. The van der Waals surface area contributed by atoms with Crippen LogP contribution in [0.15, 0.2) is 47.0 Å². The van der Waals surface area contributed by atoms with E-state index < -0.39 is 5.82 Å². The van der Waals surface area contributed by atoms with Crippen molar-refractivity contribution < 1.29 is 23.5 Å². The number of halogens is 1. The monoisotopic (exact) mass is 329 g/mol. The molecule has 124 valence electrons. The Hall–Kier alpha value is -2.86. The Balaban J connectivity index is 2.16. The zero-order chi connectivity index (χ0) is 17.1. The SMILES string of the molecule is COc1cc(OC)cc(-c2noc(-c3ccccc3F)c2CO)c1. The molecule has 3 aromatic rings. The molecule has 3 rings (SSSR count). The number of aromatic nitrogens is 1. The van der Waals surface area contributed by atoms with Gasteiger partial charge in [0.25, 0.3) is 0 Å². The largest absolute Gasteiger partial charge is 0.497 e. The highest BCUT2D eigenvalue weighted by Crippen LogP contribution is 2.36. The molecule has 1 heterocycles. The summed E-state index contributed by atoms with van der Waals surface area (Å²) in [5.74, 6) is 0.901. The van der Waals surface area contributed by atoms with E-state index in [1.165, 1.54) is 6.07 Å². The van der Waals surface area contributed by atoms with Crippen LogP contribution in [0.25, 0.3) is 22.6 Å². The van der Waals surface area contributed by atoms with E-state index in [9.17, 15) is 9.50 Å². The molecule has 0 fully saturated rings. The Morgan fingerprint density at radius 3 is 2.33 bits per heavy atom. The third kappa shape index (κ3) is 2.83. The second-order valence-electron chi connectivity index (χ2n) is 5.08. The highest BCUT2D eigenvalue weighted by Gasteiger charge is 2.21. The first-order valence-electron chi connectivity index (χ1n) is 7.25. The molecule has 0 aliphatic rings. The van der Waals surface area contributed by atoms with Crippen LogP contribution in [0, 0.1) is 5.82 Å². The van der Waals surface area contributed by atoms with E-state index in [-0.39, 0.29) is 17.9 Å². The summed E-state index contributed by atoms with van der Waals surface area (Å²) in [5, 5.41) is 13.8. The summed E-state index contributed by atoms with van der Waals surface area (Å²) in [6, 6.07) is 11.4. The molecular formula is C18H16FNO4. The van der Waals surface area contributed by atoms with Gasteiger partial charge in [0.2, 0.25) is 0 Å². The van der Waals surface area contributed by atoms with Crippen molar-refractivity contribution >= 4 is 0 Å². The van der Waals surface area contributed by atoms with Gasteiger partial charge in [-0.05, 0) is 24.3 Å². The predicted octanol–water partition coefficient (Wildman–Crippen LogP) is 3.66. The number of methoxy groups -OCH3 is 2. The molecule has 2 aromatic carbocycles. The van der Waals surface area contributed by atoms with E-state index in [1.54, 1.807) is 50.6 Å². The van der Waals surface area contributed by atoms with Gasteiger partial charge < -0.3 is 19.1 Å². The highest BCUT2D eigenvalue weighted by atomic mass is 19.1. The minimum atomic E-state index is -0.446. The molecular weight excluding hydrogens is 313 g/mol. The van der Waals surface area contributed by atoms with Gasteiger partial charge in [-0.2, -0.15) is 0 Å². The van der Waals surface area contributed by atoms with E-state index in [0.29, 0.717) is 28.3 Å². The van der Waals surface area contributed by atoms with Crippen LogP contribution >= 0.6 is 0 Å². The van der Waals surface area contributed by atoms with Crippen molar-refractivity contribution in [3.8, 4) is 34.1 Å². The molecule has 0 radical (unpaired) electrons. The average Bonchev–Trinajstić information content (AvgIpc) is 3.05. The van der Waals surface area contributed by atoms with Crippen molar-refractivity contribution in [2.75, 3.05) is 14.2 Å². The number of hydrogen-bond acceptors (Lipinski definition) is 5. The summed E-state index contributed by atoms with van der Waals surface area (Å²) in [7, 11) is 3.08. The molecule has 1 aromatic heterocycles. The zero-order valence-corrected chi connectivity index (χ0v) is 13.2. The summed E-state index contributed by atoms with van der Waals surface area (Å²) in [6.07, 6.45) is 0. The highest BCUT2D eigenvalue weighted by molar-refractivity contribution is 5.74. The summed E-state index contributed by atoms with van der Waals surface area (Å²) >= 11 is 0. The summed E-state index contributed by atoms with van der Waals surface area (Å²) in [6.45, 7) is -0.345. The lowest BCUT2D eigenvalue weighted by atomic mass is 10.0. The van der Waals surface area contributed by atoms with Gasteiger partial charge in [0.1, 0.15) is 23.0 Å². The van der Waals surface area contributed by atoms with Gasteiger partial charge in [0.05, 0.1) is 32.0 Å². The van der Waals surface area contributed by atoms with Gasteiger partial charge in [0.15, 0.2) is 5.76 Å². The van der Waals surface area contributed by atoms with Crippen molar-refractivity contribution in [3.05, 3.63) is 53.8 Å². The fraction of sp³-hybridized carbons (Fsp3) is 0.167. The Morgan fingerprint density at radius 1 is 1.08 bits per heavy atom. The molecule has 0 atom stereocenters. The molecule has 0 spiro atoms. The van der Waals surface area contributed by atoms with E-state index >= 15 is 0 Å². The normalized spacial score (nSPS) is 10.7. The predicted molar refractivity (Wildman–Crippen MR) is 86.4 cm³/mol. The van der Waals surface area contributed by atoms with Gasteiger partial charge >= 0.3 is 0 Å².